The van der Waals surface area contributed by atoms with Crippen molar-refractivity contribution in [2.75, 3.05) is 0 Å². The molecule has 0 spiro atoms. The molecule has 0 saturated heterocycles. The van der Waals surface area contributed by atoms with Crippen LogP contribution < -0.4 is 0 Å². The van der Waals surface area contributed by atoms with E-state index in [0.29, 0.717) is 16.7 Å². The number of phenols is 1. The van der Waals surface area contributed by atoms with E-state index in [9.17, 15) is 18.3 Å². The Bertz CT molecular complexity index is 760. The van der Waals surface area contributed by atoms with Gasteiger partial charge < -0.3 is 9.52 Å². The Balaban J connectivity index is 2.02. The second kappa shape index (κ2) is 4.26. The quantitative estimate of drug-likeness (QED) is 0.725. The van der Waals surface area contributed by atoms with Crippen LogP contribution in [0.4, 0.5) is 13.2 Å². The van der Waals surface area contributed by atoms with Crippen molar-refractivity contribution in [1.82, 2.24) is 4.98 Å². The van der Waals surface area contributed by atoms with Crippen LogP contribution in [0.1, 0.15) is 5.56 Å². The maximum absolute atomic E-state index is 12.5. The van der Waals surface area contributed by atoms with Crippen LogP contribution in [0, 0.1) is 0 Å². The molecule has 0 saturated carbocycles. The average Bonchev–Trinajstić information content (AvgIpc) is 2.80. The van der Waals surface area contributed by atoms with Crippen LogP contribution in [0.3, 0.4) is 0 Å². The molecule has 0 atom stereocenters. The Hall–Kier alpha value is -2.50. The topological polar surface area (TPSA) is 46.3 Å². The van der Waals surface area contributed by atoms with Gasteiger partial charge >= 0.3 is 6.18 Å². The van der Waals surface area contributed by atoms with Crippen LogP contribution in [0.2, 0.25) is 0 Å². The van der Waals surface area contributed by atoms with E-state index >= 15 is 0 Å². The monoisotopic (exact) mass is 279 g/mol. The minimum absolute atomic E-state index is 0.0461. The van der Waals surface area contributed by atoms with Gasteiger partial charge in [0.05, 0.1) is 5.56 Å². The second-order valence-electron chi connectivity index (χ2n) is 4.25. The minimum atomic E-state index is -4.37. The molecule has 20 heavy (non-hydrogen) atoms. The summed E-state index contributed by atoms with van der Waals surface area (Å²) < 4.78 is 42.8. The number of hydrogen-bond acceptors (Lipinski definition) is 3. The molecule has 0 bridgehead atoms. The van der Waals surface area contributed by atoms with Crippen molar-refractivity contribution in [1.29, 1.82) is 0 Å². The molecule has 0 radical (unpaired) electrons. The summed E-state index contributed by atoms with van der Waals surface area (Å²) >= 11 is 0. The smallest absolute Gasteiger partial charge is 0.416 e. The Morgan fingerprint density at radius 1 is 1.00 bits per heavy atom. The highest BCUT2D eigenvalue weighted by Gasteiger charge is 2.30. The highest BCUT2D eigenvalue weighted by atomic mass is 19.4. The first-order chi connectivity index (χ1) is 9.43. The van der Waals surface area contributed by atoms with Gasteiger partial charge in [-0.15, -0.1) is 0 Å². The van der Waals surface area contributed by atoms with E-state index in [0.717, 1.165) is 12.1 Å². The van der Waals surface area contributed by atoms with Gasteiger partial charge in [-0.2, -0.15) is 13.2 Å². The average molecular weight is 279 g/mol. The van der Waals surface area contributed by atoms with Gasteiger partial charge in [0.2, 0.25) is 5.89 Å². The summed E-state index contributed by atoms with van der Waals surface area (Å²) in [5.41, 5.74) is 0.612. The van der Waals surface area contributed by atoms with E-state index in [4.69, 9.17) is 4.42 Å². The third-order valence-corrected chi connectivity index (χ3v) is 2.83. The van der Waals surface area contributed by atoms with Gasteiger partial charge in [-0.3, -0.25) is 0 Å². The van der Waals surface area contributed by atoms with Crippen LogP contribution >= 0.6 is 0 Å². The maximum Gasteiger partial charge on any atom is 0.416 e. The molecule has 0 aliphatic rings. The fourth-order valence-electron chi connectivity index (χ4n) is 1.84. The number of fused-ring (bicyclic) bond motifs is 1. The predicted molar refractivity (Wildman–Crippen MR) is 66.1 cm³/mol. The van der Waals surface area contributed by atoms with Gasteiger partial charge in [0.1, 0.15) is 11.3 Å². The zero-order chi connectivity index (χ0) is 14.3. The van der Waals surface area contributed by atoms with Crippen molar-refractivity contribution in [3.63, 3.8) is 0 Å². The Labute approximate surface area is 111 Å². The first-order valence-electron chi connectivity index (χ1n) is 5.71. The third-order valence-electron chi connectivity index (χ3n) is 2.83. The van der Waals surface area contributed by atoms with Crippen molar-refractivity contribution in [3.05, 3.63) is 48.0 Å². The van der Waals surface area contributed by atoms with E-state index in [1.165, 1.54) is 24.3 Å². The minimum Gasteiger partial charge on any atom is -0.508 e. The second-order valence-corrected chi connectivity index (χ2v) is 4.25. The van der Waals surface area contributed by atoms with Crippen LogP contribution in [-0.2, 0) is 6.18 Å². The summed E-state index contributed by atoms with van der Waals surface area (Å²) in [4.78, 5) is 4.13. The number of hydrogen-bond donors (Lipinski definition) is 1. The molecule has 2 aromatic carbocycles. The number of aromatic nitrogens is 1. The number of alkyl halides is 3. The maximum atomic E-state index is 12.5. The van der Waals surface area contributed by atoms with Crippen molar-refractivity contribution >= 4 is 11.1 Å². The van der Waals surface area contributed by atoms with Gasteiger partial charge in [0, 0.05) is 11.6 Å². The standard InChI is InChI=1S/C14H8F3NO2/c15-14(16,17)9-3-1-8(2-4-9)13-18-11-7-10(19)5-6-12(11)20-13/h1-7,19H. The van der Waals surface area contributed by atoms with Gasteiger partial charge in [-0.1, -0.05) is 0 Å². The molecule has 0 aliphatic heterocycles. The highest BCUT2D eigenvalue weighted by molar-refractivity contribution is 5.77. The Morgan fingerprint density at radius 2 is 1.70 bits per heavy atom. The summed E-state index contributed by atoms with van der Waals surface area (Å²) in [7, 11) is 0. The van der Waals surface area contributed by atoms with Crippen molar-refractivity contribution in [2.24, 2.45) is 0 Å². The number of aromatic hydroxyl groups is 1. The van der Waals surface area contributed by atoms with E-state index < -0.39 is 11.7 Å². The van der Waals surface area contributed by atoms with E-state index in [2.05, 4.69) is 4.98 Å². The molecule has 1 heterocycles. The van der Waals surface area contributed by atoms with Crippen molar-refractivity contribution < 1.29 is 22.7 Å². The first kappa shape index (κ1) is 12.5. The van der Waals surface area contributed by atoms with E-state index in [1.54, 1.807) is 6.07 Å². The van der Waals surface area contributed by atoms with Gasteiger partial charge in [-0.25, -0.2) is 4.98 Å². The van der Waals surface area contributed by atoms with Crippen molar-refractivity contribution in [2.45, 2.75) is 6.18 Å². The summed E-state index contributed by atoms with van der Waals surface area (Å²) in [5.74, 6) is 0.254. The molecule has 0 unspecified atom stereocenters. The lowest BCUT2D eigenvalue weighted by Gasteiger charge is -2.05. The van der Waals surface area contributed by atoms with Gasteiger partial charge in [0.25, 0.3) is 0 Å². The SMILES string of the molecule is Oc1ccc2oc(-c3ccc(C(F)(F)F)cc3)nc2c1. The molecule has 3 rings (SSSR count). The van der Waals surface area contributed by atoms with E-state index in [1.807, 2.05) is 0 Å². The number of oxazole rings is 1. The molecule has 0 amide bonds. The van der Waals surface area contributed by atoms with Crippen LogP contribution in [0.5, 0.6) is 5.75 Å². The van der Waals surface area contributed by atoms with Gasteiger partial charge in [-0.05, 0) is 36.4 Å². The Kier molecular flexibility index (Phi) is 2.67. The number of nitrogens with zero attached hydrogens (tertiary/aromatic N) is 1. The fourth-order valence-corrected chi connectivity index (χ4v) is 1.84. The van der Waals surface area contributed by atoms with Crippen LogP contribution in [0.15, 0.2) is 46.9 Å². The largest absolute Gasteiger partial charge is 0.508 e. The van der Waals surface area contributed by atoms with Gasteiger partial charge in [0.15, 0.2) is 5.58 Å². The molecule has 3 nitrogen and oxygen atoms in total. The lowest BCUT2D eigenvalue weighted by molar-refractivity contribution is -0.137. The van der Waals surface area contributed by atoms with Crippen LogP contribution in [-0.4, -0.2) is 10.1 Å². The highest BCUT2D eigenvalue weighted by Crippen LogP contribution is 2.32. The first-order valence-corrected chi connectivity index (χ1v) is 5.71. The summed E-state index contributed by atoms with van der Waals surface area (Å²) in [5, 5.41) is 9.33. The number of halogens is 3. The molecule has 102 valence electrons. The molecule has 3 aromatic rings. The van der Waals surface area contributed by atoms with Crippen molar-refractivity contribution in [3.8, 4) is 17.2 Å². The molecule has 1 aromatic heterocycles. The number of benzene rings is 2. The molecule has 0 aliphatic carbocycles. The lowest BCUT2D eigenvalue weighted by Crippen LogP contribution is -2.03. The zero-order valence-electron chi connectivity index (χ0n) is 9.98. The summed E-state index contributed by atoms with van der Waals surface area (Å²) in [6.45, 7) is 0. The predicted octanol–water partition coefficient (Wildman–Crippen LogP) is 4.22. The fraction of sp³-hybridized carbons (Fsp3) is 0.0714. The molecule has 1 N–H and O–H groups in total. The molecular weight excluding hydrogens is 271 g/mol. The zero-order valence-corrected chi connectivity index (χ0v) is 9.98. The molecule has 6 heteroatoms. The van der Waals surface area contributed by atoms with E-state index in [-0.39, 0.29) is 11.6 Å². The molecular formula is C14H8F3NO2. The Morgan fingerprint density at radius 3 is 2.35 bits per heavy atom. The summed E-state index contributed by atoms with van der Waals surface area (Å²) in [6.07, 6.45) is -4.37. The third kappa shape index (κ3) is 2.20. The number of rotatable bonds is 1. The number of phenolic OH excluding ortho intramolecular Hbond substituents is 1. The van der Waals surface area contributed by atoms with Crippen LogP contribution in [0.25, 0.3) is 22.6 Å². The normalized spacial score (nSPS) is 11.9. The summed E-state index contributed by atoms with van der Waals surface area (Å²) in [6, 6.07) is 8.96. The lowest BCUT2D eigenvalue weighted by atomic mass is 10.1. The molecule has 0 fully saturated rings.